The van der Waals surface area contributed by atoms with Gasteiger partial charge in [0.2, 0.25) is 0 Å². The Morgan fingerprint density at radius 2 is 2.31 bits per heavy atom. The maximum absolute atomic E-state index is 4.33. The predicted molar refractivity (Wildman–Crippen MR) is 67.7 cm³/mol. The van der Waals surface area contributed by atoms with Gasteiger partial charge in [-0.25, -0.2) is 0 Å². The minimum absolute atomic E-state index is 0.275. The third-order valence-electron chi connectivity index (χ3n) is 2.60. The molecule has 86 valence electrons. The molecular weight excluding hydrogens is 218 g/mol. The molecule has 2 rings (SSSR count). The second-order valence-corrected chi connectivity index (χ2v) is 4.46. The van der Waals surface area contributed by atoms with Crippen LogP contribution in [0.5, 0.6) is 0 Å². The highest BCUT2D eigenvalue weighted by Crippen LogP contribution is 2.23. The van der Waals surface area contributed by atoms with Crippen LogP contribution in [-0.4, -0.2) is 16.3 Å². The van der Waals surface area contributed by atoms with E-state index in [1.807, 2.05) is 10.9 Å². The first-order valence-corrected chi connectivity index (χ1v) is 6.57. The normalized spacial score (nSPS) is 12.9. The standard InChI is InChI=1S/C12H17N3S/c1-3-13-12(10-5-6-16-9-10)11-7-14-15(4-2)8-11/h5-9,12-13H,3-4H2,1-2H3. The Bertz CT molecular complexity index is 419. The lowest BCUT2D eigenvalue weighted by molar-refractivity contribution is 0.627. The molecule has 0 bridgehead atoms. The van der Waals surface area contributed by atoms with Crippen molar-refractivity contribution in [1.82, 2.24) is 15.1 Å². The molecule has 0 aliphatic rings. The lowest BCUT2D eigenvalue weighted by Gasteiger charge is -2.14. The Morgan fingerprint density at radius 3 is 2.88 bits per heavy atom. The molecule has 2 aromatic heterocycles. The van der Waals surface area contributed by atoms with E-state index in [0.717, 1.165) is 13.1 Å². The molecule has 0 saturated carbocycles. The van der Waals surface area contributed by atoms with Gasteiger partial charge in [-0.05, 0) is 35.9 Å². The largest absolute Gasteiger partial charge is 0.306 e. The van der Waals surface area contributed by atoms with E-state index in [2.05, 4.69) is 47.3 Å². The van der Waals surface area contributed by atoms with Gasteiger partial charge in [0.15, 0.2) is 0 Å². The van der Waals surface area contributed by atoms with E-state index in [9.17, 15) is 0 Å². The fourth-order valence-electron chi connectivity index (χ4n) is 1.77. The predicted octanol–water partition coefficient (Wildman–Crippen LogP) is 2.66. The van der Waals surface area contributed by atoms with E-state index in [-0.39, 0.29) is 6.04 Å². The number of nitrogens with one attached hydrogen (secondary N) is 1. The maximum atomic E-state index is 4.33. The van der Waals surface area contributed by atoms with E-state index in [1.54, 1.807) is 11.3 Å². The van der Waals surface area contributed by atoms with Gasteiger partial charge in [-0.1, -0.05) is 6.92 Å². The summed E-state index contributed by atoms with van der Waals surface area (Å²) in [6.07, 6.45) is 4.07. The van der Waals surface area contributed by atoms with Crippen LogP contribution < -0.4 is 5.32 Å². The number of nitrogens with zero attached hydrogens (tertiary/aromatic N) is 2. The van der Waals surface area contributed by atoms with Crippen LogP contribution in [0.4, 0.5) is 0 Å². The molecule has 0 aliphatic carbocycles. The third-order valence-corrected chi connectivity index (χ3v) is 3.30. The first kappa shape index (κ1) is 11.4. The molecule has 1 N–H and O–H groups in total. The molecule has 2 aromatic rings. The SMILES string of the molecule is CCNC(c1ccsc1)c1cnn(CC)c1. The minimum Gasteiger partial charge on any atom is -0.306 e. The van der Waals surface area contributed by atoms with Gasteiger partial charge in [-0.3, -0.25) is 4.68 Å². The molecule has 0 amide bonds. The Labute approximate surface area is 100 Å². The van der Waals surface area contributed by atoms with Gasteiger partial charge in [0.05, 0.1) is 12.2 Å². The van der Waals surface area contributed by atoms with Crippen molar-refractivity contribution in [1.29, 1.82) is 0 Å². The van der Waals surface area contributed by atoms with E-state index >= 15 is 0 Å². The average Bonchev–Trinajstić information content (AvgIpc) is 2.97. The molecular formula is C12H17N3S. The Hall–Kier alpha value is -1.13. The molecule has 0 radical (unpaired) electrons. The second kappa shape index (κ2) is 5.27. The van der Waals surface area contributed by atoms with Gasteiger partial charge in [0, 0.05) is 18.3 Å². The van der Waals surface area contributed by atoms with Crippen LogP contribution in [0, 0.1) is 0 Å². The summed E-state index contributed by atoms with van der Waals surface area (Å²) < 4.78 is 1.96. The molecule has 16 heavy (non-hydrogen) atoms. The average molecular weight is 235 g/mol. The lowest BCUT2D eigenvalue weighted by Crippen LogP contribution is -2.21. The van der Waals surface area contributed by atoms with Crippen LogP contribution in [0.2, 0.25) is 0 Å². The van der Waals surface area contributed by atoms with E-state index < -0.39 is 0 Å². The Morgan fingerprint density at radius 1 is 1.44 bits per heavy atom. The van der Waals surface area contributed by atoms with Crippen molar-refractivity contribution in [3.05, 3.63) is 40.3 Å². The molecule has 1 unspecified atom stereocenters. The highest BCUT2D eigenvalue weighted by molar-refractivity contribution is 7.08. The van der Waals surface area contributed by atoms with Gasteiger partial charge in [0.25, 0.3) is 0 Å². The van der Waals surface area contributed by atoms with Crippen molar-refractivity contribution in [2.45, 2.75) is 26.4 Å². The van der Waals surface area contributed by atoms with Crippen LogP contribution in [0.3, 0.4) is 0 Å². The molecule has 3 nitrogen and oxygen atoms in total. The van der Waals surface area contributed by atoms with Gasteiger partial charge in [0.1, 0.15) is 0 Å². The third kappa shape index (κ3) is 2.33. The van der Waals surface area contributed by atoms with Crippen LogP contribution in [0.15, 0.2) is 29.2 Å². The van der Waals surface area contributed by atoms with Crippen molar-refractivity contribution in [2.75, 3.05) is 6.54 Å². The maximum Gasteiger partial charge on any atom is 0.0616 e. The van der Waals surface area contributed by atoms with E-state index in [1.165, 1.54) is 11.1 Å². The minimum atomic E-state index is 0.275. The van der Waals surface area contributed by atoms with Gasteiger partial charge < -0.3 is 5.32 Å². The molecule has 4 heteroatoms. The number of hydrogen-bond acceptors (Lipinski definition) is 3. The van der Waals surface area contributed by atoms with Gasteiger partial charge in [-0.2, -0.15) is 16.4 Å². The molecule has 0 aliphatic heterocycles. The van der Waals surface area contributed by atoms with Crippen molar-refractivity contribution >= 4 is 11.3 Å². The number of rotatable bonds is 5. The molecule has 1 atom stereocenters. The van der Waals surface area contributed by atoms with Crippen molar-refractivity contribution in [3.63, 3.8) is 0 Å². The first-order valence-electron chi connectivity index (χ1n) is 5.63. The summed E-state index contributed by atoms with van der Waals surface area (Å²) in [5, 5.41) is 12.1. The monoisotopic (exact) mass is 235 g/mol. The van der Waals surface area contributed by atoms with Gasteiger partial charge >= 0.3 is 0 Å². The molecule has 0 fully saturated rings. The van der Waals surface area contributed by atoms with Crippen molar-refractivity contribution in [2.24, 2.45) is 0 Å². The quantitative estimate of drug-likeness (QED) is 0.863. The lowest BCUT2D eigenvalue weighted by atomic mass is 10.1. The number of aryl methyl sites for hydroxylation is 1. The van der Waals surface area contributed by atoms with Gasteiger partial charge in [-0.15, -0.1) is 0 Å². The van der Waals surface area contributed by atoms with Crippen molar-refractivity contribution < 1.29 is 0 Å². The van der Waals surface area contributed by atoms with Crippen LogP contribution in [0.25, 0.3) is 0 Å². The number of hydrogen-bond donors (Lipinski definition) is 1. The fourth-order valence-corrected chi connectivity index (χ4v) is 2.46. The number of thiophene rings is 1. The highest BCUT2D eigenvalue weighted by atomic mass is 32.1. The topological polar surface area (TPSA) is 29.9 Å². The highest BCUT2D eigenvalue weighted by Gasteiger charge is 2.14. The summed E-state index contributed by atoms with van der Waals surface area (Å²) in [6.45, 7) is 6.10. The Kier molecular flexibility index (Phi) is 3.74. The molecule has 0 spiro atoms. The van der Waals surface area contributed by atoms with Crippen molar-refractivity contribution in [3.8, 4) is 0 Å². The summed E-state index contributed by atoms with van der Waals surface area (Å²) in [6, 6.07) is 2.44. The smallest absolute Gasteiger partial charge is 0.0616 e. The summed E-state index contributed by atoms with van der Waals surface area (Å²) in [5.41, 5.74) is 2.56. The fraction of sp³-hybridized carbons (Fsp3) is 0.417. The van der Waals surface area contributed by atoms with E-state index in [4.69, 9.17) is 0 Å². The Balaban J connectivity index is 2.25. The molecule has 2 heterocycles. The summed E-state index contributed by atoms with van der Waals surface area (Å²) in [4.78, 5) is 0. The van der Waals surface area contributed by atoms with Crippen LogP contribution in [0.1, 0.15) is 31.0 Å². The van der Waals surface area contributed by atoms with E-state index in [0.29, 0.717) is 0 Å². The molecule has 0 saturated heterocycles. The number of aromatic nitrogens is 2. The molecule has 0 aromatic carbocycles. The summed E-state index contributed by atoms with van der Waals surface area (Å²) in [7, 11) is 0. The second-order valence-electron chi connectivity index (χ2n) is 3.68. The summed E-state index contributed by atoms with van der Waals surface area (Å²) >= 11 is 1.73. The van der Waals surface area contributed by atoms with Crippen LogP contribution >= 0.6 is 11.3 Å². The zero-order valence-electron chi connectivity index (χ0n) is 9.68. The zero-order chi connectivity index (χ0) is 11.4. The summed E-state index contributed by atoms with van der Waals surface area (Å²) in [5.74, 6) is 0. The van der Waals surface area contributed by atoms with Crippen LogP contribution in [-0.2, 0) is 6.54 Å². The zero-order valence-corrected chi connectivity index (χ0v) is 10.5. The first-order chi connectivity index (χ1) is 7.85.